The summed E-state index contributed by atoms with van der Waals surface area (Å²) in [5.41, 5.74) is 0.0438. The molecule has 2 rings (SSSR count). The van der Waals surface area contributed by atoms with Crippen LogP contribution in [0.1, 0.15) is 51.3 Å². The zero-order valence-electron chi connectivity index (χ0n) is 9.79. The van der Waals surface area contributed by atoms with Crippen LogP contribution in [0.4, 0.5) is 5.13 Å². The Morgan fingerprint density at radius 1 is 1.56 bits per heavy atom. The lowest BCUT2D eigenvalue weighted by Gasteiger charge is -2.28. The lowest BCUT2D eigenvalue weighted by Crippen LogP contribution is -2.34. The number of anilines is 1. The number of hydrogen-bond donors (Lipinski definition) is 1. The van der Waals surface area contributed by atoms with Gasteiger partial charge in [0.05, 0.1) is 0 Å². The Bertz CT molecular complexity index is 351. The minimum atomic E-state index is 0.0438. The molecule has 1 N–H and O–H groups in total. The van der Waals surface area contributed by atoms with E-state index in [1.807, 2.05) is 0 Å². The Balaban J connectivity index is 2.00. The number of alkyl halides is 1. The molecule has 1 aliphatic carbocycles. The van der Waals surface area contributed by atoms with E-state index in [9.17, 15) is 0 Å². The average Bonchev–Trinajstić information content (AvgIpc) is 3.01. The first-order valence-electron chi connectivity index (χ1n) is 5.84. The van der Waals surface area contributed by atoms with Crippen LogP contribution in [-0.4, -0.2) is 20.8 Å². The second-order valence-corrected chi connectivity index (χ2v) is 5.84. The van der Waals surface area contributed by atoms with Gasteiger partial charge in [0.15, 0.2) is 0 Å². The number of halogens is 1. The van der Waals surface area contributed by atoms with Gasteiger partial charge in [-0.3, -0.25) is 0 Å². The molecule has 1 unspecified atom stereocenters. The van der Waals surface area contributed by atoms with Gasteiger partial charge < -0.3 is 5.32 Å². The number of rotatable bonds is 6. The van der Waals surface area contributed by atoms with E-state index in [0.717, 1.165) is 23.8 Å². The summed E-state index contributed by atoms with van der Waals surface area (Å²) in [6.45, 7) is 4.36. The van der Waals surface area contributed by atoms with Crippen LogP contribution in [0, 0.1) is 0 Å². The number of nitrogens with zero attached hydrogens (tertiary/aromatic N) is 2. The maximum Gasteiger partial charge on any atom is 0.203 e. The van der Waals surface area contributed by atoms with Gasteiger partial charge in [0.1, 0.15) is 5.82 Å². The largest absolute Gasteiger partial charge is 0.355 e. The average molecular weight is 260 g/mol. The van der Waals surface area contributed by atoms with Crippen LogP contribution >= 0.6 is 23.1 Å². The maximum absolute atomic E-state index is 5.82. The molecule has 1 atom stereocenters. The molecule has 1 aromatic rings. The minimum Gasteiger partial charge on any atom is -0.355 e. The van der Waals surface area contributed by atoms with Crippen molar-refractivity contribution in [2.24, 2.45) is 0 Å². The molecular formula is C11H18ClN3S. The van der Waals surface area contributed by atoms with Crippen LogP contribution in [0.5, 0.6) is 0 Å². The van der Waals surface area contributed by atoms with E-state index in [2.05, 4.69) is 28.5 Å². The van der Waals surface area contributed by atoms with Crippen LogP contribution < -0.4 is 5.32 Å². The highest BCUT2D eigenvalue weighted by Crippen LogP contribution is 2.39. The van der Waals surface area contributed by atoms with Crippen molar-refractivity contribution in [3.63, 3.8) is 0 Å². The Morgan fingerprint density at radius 3 is 2.88 bits per heavy atom. The molecule has 0 spiro atoms. The van der Waals surface area contributed by atoms with Crippen molar-refractivity contribution in [1.82, 2.24) is 9.36 Å². The molecule has 1 fully saturated rings. The highest BCUT2D eigenvalue weighted by atomic mass is 35.5. The molecule has 0 saturated heterocycles. The van der Waals surface area contributed by atoms with E-state index in [-0.39, 0.29) is 5.54 Å². The second kappa shape index (κ2) is 4.88. The zero-order chi connectivity index (χ0) is 11.6. The molecule has 1 aromatic heterocycles. The Kier molecular flexibility index (Phi) is 3.70. The van der Waals surface area contributed by atoms with E-state index in [0.29, 0.717) is 11.8 Å². The summed E-state index contributed by atoms with van der Waals surface area (Å²) >= 11 is 7.29. The van der Waals surface area contributed by atoms with Gasteiger partial charge in [0.25, 0.3) is 0 Å². The molecule has 0 amide bonds. The highest BCUT2D eigenvalue weighted by Gasteiger charge is 2.29. The summed E-state index contributed by atoms with van der Waals surface area (Å²) in [6.07, 6.45) is 4.49. The molecule has 1 saturated carbocycles. The Hall–Kier alpha value is -0.350. The first-order valence-corrected chi connectivity index (χ1v) is 7.15. The summed E-state index contributed by atoms with van der Waals surface area (Å²) in [5, 5.41) is 4.41. The normalized spacial score (nSPS) is 19.4. The summed E-state index contributed by atoms with van der Waals surface area (Å²) < 4.78 is 4.39. The maximum atomic E-state index is 5.82. The lowest BCUT2D eigenvalue weighted by atomic mass is 9.96. The van der Waals surface area contributed by atoms with Crippen molar-refractivity contribution in [3.8, 4) is 0 Å². The van der Waals surface area contributed by atoms with Crippen LogP contribution in [-0.2, 0) is 0 Å². The third-order valence-electron chi connectivity index (χ3n) is 3.22. The third kappa shape index (κ3) is 2.86. The molecule has 0 radical (unpaired) electrons. The zero-order valence-corrected chi connectivity index (χ0v) is 11.4. The van der Waals surface area contributed by atoms with E-state index in [4.69, 9.17) is 11.6 Å². The standard InChI is InChI=1S/C11H18ClN3S/c1-3-11(2,6-7-12)14-10-13-9(15-16-10)8-4-5-8/h8H,3-7H2,1-2H3,(H,13,14,15). The SMILES string of the molecule is CCC(C)(CCCl)Nc1nc(C2CC2)ns1. The molecule has 1 aliphatic rings. The predicted octanol–water partition coefficient (Wildman–Crippen LogP) is 3.63. The van der Waals surface area contributed by atoms with Gasteiger partial charge in [0.2, 0.25) is 5.13 Å². The topological polar surface area (TPSA) is 37.8 Å². The van der Waals surface area contributed by atoms with Gasteiger partial charge in [-0.15, -0.1) is 11.6 Å². The van der Waals surface area contributed by atoms with Crippen LogP contribution in [0.15, 0.2) is 0 Å². The number of hydrogen-bond acceptors (Lipinski definition) is 4. The molecule has 0 aromatic carbocycles. The summed E-state index contributed by atoms with van der Waals surface area (Å²) in [6, 6.07) is 0. The first kappa shape index (κ1) is 12.1. The van der Waals surface area contributed by atoms with Crippen molar-refractivity contribution in [2.75, 3.05) is 11.2 Å². The van der Waals surface area contributed by atoms with Gasteiger partial charge >= 0.3 is 0 Å². The van der Waals surface area contributed by atoms with Gasteiger partial charge in [-0.05, 0) is 32.6 Å². The fraction of sp³-hybridized carbons (Fsp3) is 0.818. The predicted molar refractivity (Wildman–Crippen MR) is 69.5 cm³/mol. The monoisotopic (exact) mass is 259 g/mol. The van der Waals surface area contributed by atoms with Crippen molar-refractivity contribution < 1.29 is 0 Å². The van der Waals surface area contributed by atoms with Gasteiger partial charge in [-0.2, -0.15) is 4.37 Å². The lowest BCUT2D eigenvalue weighted by molar-refractivity contribution is 0.480. The van der Waals surface area contributed by atoms with E-state index < -0.39 is 0 Å². The van der Waals surface area contributed by atoms with Crippen LogP contribution in [0.3, 0.4) is 0 Å². The van der Waals surface area contributed by atoms with Crippen LogP contribution in [0.2, 0.25) is 0 Å². The second-order valence-electron chi connectivity index (χ2n) is 4.71. The molecule has 1 heterocycles. The Labute approximate surface area is 106 Å². The summed E-state index contributed by atoms with van der Waals surface area (Å²) in [4.78, 5) is 4.54. The molecular weight excluding hydrogens is 242 g/mol. The molecule has 3 nitrogen and oxygen atoms in total. The fourth-order valence-corrected chi connectivity index (χ4v) is 2.80. The summed E-state index contributed by atoms with van der Waals surface area (Å²) in [5.74, 6) is 2.33. The smallest absolute Gasteiger partial charge is 0.203 e. The quantitative estimate of drug-likeness (QED) is 0.793. The molecule has 5 heteroatoms. The van der Waals surface area contributed by atoms with Gasteiger partial charge in [0, 0.05) is 28.9 Å². The van der Waals surface area contributed by atoms with Gasteiger partial charge in [-0.1, -0.05) is 6.92 Å². The summed E-state index contributed by atoms with van der Waals surface area (Å²) in [7, 11) is 0. The third-order valence-corrected chi connectivity index (χ3v) is 4.05. The van der Waals surface area contributed by atoms with Crippen molar-refractivity contribution in [2.45, 2.75) is 51.0 Å². The molecule has 90 valence electrons. The van der Waals surface area contributed by atoms with E-state index >= 15 is 0 Å². The molecule has 0 aliphatic heterocycles. The fourth-order valence-electron chi connectivity index (χ4n) is 1.59. The van der Waals surface area contributed by atoms with Crippen molar-refractivity contribution in [1.29, 1.82) is 0 Å². The first-order chi connectivity index (χ1) is 7.67. The minimum absolute atomic E-state index is 0.0438. The number of aromatic nitrogens is 2. The van der Waals surface area contributed by atoms with E-state index in [1.165, 1.54) is 24.4 Å². The Morgan fingerprint density at radius 2 is 2.31 bits per heavy atom. The van der Waals surface area contributed by atoms with Crippen molar-refractivity contribution in [3.05, 3.63) is 5.82 Å². The molecule has 0 bridgehead atoms. The van der Waals surface area contributed by atoms with E-state index in [1.54, 1.807) is 0 Å². The highest BCUT2D eigenvalue weighted by molar-refractivity contribution is 7.09. The van der Waals surface area contributed by atoms with Crippen molar-refractivity contribution >= 4 is 28.3 Å². The van der Waals surface area contributed by atoms with Crippen LogP contribution in [0.25, 0.3) is 0 Å². The number of nitrogens with one attached hydrogen (secondary N) is 1. The molecule has 16 heavy (non-hydrogen) atoms. The van der Waals surface area contributed by atoms with Gasteiger partial charge in [-0.25, -0.2) is 4.98 Å².